The van der Waals surface area contributed by atoms with Gasteiger partial charge in [0.1, 0.15) is 24.7 Å². The molecule has 172 valence electrons. The molecule has 0 N–H and O–H groups in total. The van der Waals surface area contributed by atoms with E-state index in [0.29, 0.717) is 32.9 Å². The summed E-state index contributed by atoms with van der Waals surface area (Å²) in [6.07, 6.45) is 0. The molecule has 0 atom stereocenters. The molecule has 0 amide bonds. The normalized spacial score (nSPS) is 11.4. The van der Waals surface area contributed by atoms with Crippen LogP contribution in [0.3, 0.4) is 0 Å². The molecule has 0 heterocycles. The summed E-state index contributed by atoms with van der Waals surface area (Å²) in [5.41, 5.74) is 6.18. The van der Waals surface area contributed by atoms with Gasteiger partial charge in [0, 0.05) is 11.4 Å². The van der Waals surface area contributed by atoms with Crippen LogP contribution in [0.2, 0.25) is 0 Å². The van der Waals surface area contributed by atoms with E-state index in [1.807, 2.05) is 92.7 Å². The monoisotopic (exact) mass is 467 g/mol. The van der Waals surface area contributed by atoms with Crippen LogP contribution in [-0.2, 0) is 13.2 Å². The molecule has 0 saturated carbocycles. The van der Waals surface area contributed by atoms with Crippen LogP contribution in [0.25, 0.3) is 0 Å². The third kappa shape index (κ3) is 6.14. The second-order valence-electron chi connectivity index (χ2n) is 8.37. The predicted molar refractivity (Wildman–Crippen MR) is 139 cm³/mol. The summed E-state index contributed by atoms with van der Waals surface area (Å²) in [6.45, 7) is 6.93. The maximum atomic E-state index is 13.3. The summed E-state index contributed by atoms with van der Waals surface area (Å²) >= 11 is 0. The zero-order valence-electron chi connectivity index (χ0n) is 19.7. The number of aryl methyl sites for hydroxylation is 3. The summed E-state index contributed by atoms with van der Waals surface area (Å²) in [6, 6.07) is 29.9. The van der Waals surface area contributed by atoms with Crippen LogP contribution in [-0.4, -0.2) is 5.48 Å². The third-order valence-corrected chi connectivity index (χ3v) is 6.57. The SMILES string of the molecule is Cc1cc(C)c(C([O-])=Pc2ccc(OCc3ccccc3)cc2OCc2ccccc2)c(C)c1. The number of ether oxygens (including phenoxy) is 2. The Hall–Kier alpha value is -3.39. The maximum absolute atomic E-state index is 13.3. The van der Waals surface area contributed by atoms with Crippen LogP contribution >= 0.6 is 8.20 Å². The van der Waals surface area contributed by atoms with Crippen LogP contribution in [0, 0.1) is 20.8 Å². The fraction of sp³-hybridized carbons (Fsp3) is 0.167. The fourth-order valence-corrected chi connectivity index (χ4v) is 5.02. The Morgan fingerprint density at radius 3 is 1.85 bits per heavy atom. The van der Waals surface area contributed by atoms with Gasteiger partial charge in [0.25, 0.3) is 0 Å². The van der Waals surface area contributed by atoms with Crippen LogP contribution in [0.4, 0.5) is 0 Å². The zero-order chi connectivity index (χ0) is 23.9. The lowest BCUT2D eigenvalue weighted by Gasteiger charge is -2.20. The second kappa shape index (κ2) is 11.2. The molecule has 3 nitrogen and oxygen atoms in total. The minimum absolute atomic E-state index is 0.0671. The van der Waals surface area contributed by atoms with Gasteiger partial charge in [-0.25, -0.2) is 0 Å². The molecule has 0 spiro atoms. The lowest BCUT2D eigenvalue weighted by atomic mass is 10.0. The van der Waals surface area contributed by atoms with Gasteiger partial charge in [-0.3, -0.25) is 0 Å². The highest BCUT2D eigenvalue weighted by molar-refractivity contribution is 7.49. The first kappa shape index (κ1) is 23.8. The predicted octanol–water partition coefficient (Wildman–Crippen LogP) is 5.88. The summed E-state index contributed by atoms with van der Waals surface area (Å²) in [7, 11) is 0.580. The van der Waals surface area contributed by atoms with Crippen molar-refractivity contribution in [2.24, 2.45) is 0 Å². The van der Waals surface area contributed by atoms with Gasteiger partial charge >= 0.3 is 0 Å². The van der Waals surface area contributed by atoms with Crippen molar-refractivity contribution in [3.8, 4) is 11.5 Å². The number of hydrogen-bond donors (Lipinski definition) is 0. The van der Waals surface area contributed by atoms with Crippen molar-refractivity contribution in [1.82, 2.24) is 0 Å². The van der Waals surface area contributed by atoms with Crippen molar-refractivity contribution in [2.75, 3.05) is 0 Å². The Labute approximate surface area is 203 Å². The highest BCUT2D eigenvalue weighted by atomic mass is 31.1. The van der Waals surface area contributed by atoms with E-state index >= 15 is 0 Å². The first-order chi connectivity index (χ1) is 16.5. The van der Waals surface area contributed by atoms with Crippen LogP contribution < -0.4 is 19.9 Å². The molecule has 0 aliphatic rings. The lowest BCUT2D eigenvalue weighted by Crippen LogP contribution is -2.21. The van der Waals surface area contributed by atoms with E-state index < -0.39 is 0 Å². The Bertz CT molecular complexity index is 1260. The van der Waals surface area contributed by atoms with E-state index in [9.17, 15) is 5.11 Å². The van der Waals surface area contributed by atoms with Gasteiger partial charge in [-0.1, -0.05) is 86.6 Å². The Balaban J connectivity index is 1.64. The standard InChI is InChI=1S/C30H29O3P/c1-21-16-22(2)29(23(3)17-21)30(31)34-28-15-14-26(32-19-24-10-6-4-7-11-24)18-27(28)33-20-25-12-8-5-9-13-25/h4-18,31H,19-20H2,1-3H3/p-1. The summed E-state index contributed by atoms with van der Waals surface area (Å²) < 4.78 is 12.2. The first-order valence-electron chi connectivity index (χ1n) is 11.3. The Kier molecular flexibility index (Phi) is 7.80. The number of benzene rings is 4. The van der Waals surface area contributed by atoms with E-state index in [1.165, 1.54) is 0 Å². The van der Waals surface area contributed by atoms with Gasteiger partial charge in [0.2, 0.25) is 0 Å². The van der Waals surface area contributed by atoms with E-state index in [0.717, 1.165) is 38.7 Å². The molecule has 0 saturated heterocycles. The van der Waals surface area contributed by atoms with Crippen LogP contribution in [0.15, 0.2) is 91.0 Å². The van der Waals surface area contributed by atoms with Gasteiger partial charge in [-0.2, -0.15) is 0 Å². The summed E-state index contributed by atoms with van der Waals surface area (Å²) in [5, 5.41) is 14.1. The van der Waals surface area contributed by atoms with Crippen molar-refractivity contribution >= 4 is 19.0 Å². The van der Waals surface area contributed by atoms with Gasteiger partial charge in [0.05, 0.1) is 0 Å². The minimum Gasteiger partial charge on any atom is -0.823 e. The molecule has 4 aromatic rings. The minimum atomic E-state index is 0.0671. The smallest absolute Gasteiger partial charge is 0.135 e. The highest BCUT2D eigenvalue weighted by Gasteiger charge is 2.09. The first-order valence-corrected chi connectivity index (χ1v) is 12.2. The lowest BCUT2D eigenvalue weighted by molar-refractivity contribution is -0.207. The zero-order valence-corrected chi connectivity index (χ0v) is 20.6. The van der Waals surface area contributed by atoms with Gasteiger partial charge < -0.3 is 14.6 Å². The molecule has 0 aliphatic heterocycles. The molecule has 4 heteroatoms. The second-order valence-corrected chi connectivity index (χ2v) is 9.48. The molecule has 0 bridgehead atoms. The molecule has 0 unspecified atom stereocenters. The number of rotatable bonds is 8. The van der Waals surface area contributed by atoms with Crippen molar-refractivity contribution < 1.29 is 14.6 Å². The van der Waals surface area contributed by atoms with Crippen LogP contribution in [0.5, 0.6) is 11.5 Å². The largest absolute Gasteiger partial charge is 0.823 e. The average molecular weight is 468 g/mol. The summed E-state index contributed by atoms with van der Waals surface area (Å²) in [5.74, 6) is 1.37. The van der Waals surface area contributed by atoms with Crippen molar-refractivity contribution in [3.05, 3.63) is 124 Å². The molecule has 4 rings (SSSR count). The maximum Gasteiger partial charge on any atom is 0.135 e. The number of hydrogen-bond acceptors (Lipinski definition) is 3. The quantitative estimate of drug-likeness (QED) is 0.304. The molecule has 34 heavy (non-hydrogen) atoms. The molecule has 0 fully saturated rings. The molecule has 0 aliphatic carbocycles. The van der Waals surface area contributed by atoms with E-state index in [2.05, 4.69) is 19.1 Å². The summed E-state index contributed by atoms with van der Waals surface area (Å²) in [4.78, 5) is 0. The molecule has 4 aromatic carbocycles. The topological polar surface area (TPSA) is 41.5 Å². The van der Waals surface area contributed by atoms with E-state index in [4.69, 9.17) is 9.47 Å². The van der Waals surface area contributed by atoms with E-state index in [-0.39, 0.29) is 5.48 Å². The van der Waals surface area contributed by atoms with Crippen molar-refractivity contribution in [1.29, 1.82) is 0 Å². The Morgan fingerprint density at radius 2 is 1.26 bits per heavy atom. The van der Waals surface area contributed by atoms with Crippen LogP contribution in [0.1, 0.15) is 33.4 Å². The highest BCUT2D eigenvalue weighted by Crippen LogP contribution is 2.25. The van der Waals surface area contributed by atoms with Crippen molar-refractivity contribution in [3.63, 3.8) is 0 Å². The third-order valence-electron chi connectivity index (χ3n) is 5.53. The fourth-order valence-electron chi connectivity index (χ4n) is 3.95. The van der Waals surface area contributed by atoms with Gasteiger partial charge in [-0.15, -0.1) is 5.48 Å². The van der Waals surface area contributed by atoms with Gasteiger partial charge in [-0.05, 0) is 60.7 Å². The van der Waals surface area contributed by atoms with Gasteiger partial charge in [0.15, 0.2) is 0 Å². The van der Waals surface area contributed by atoms with E-state index in [1.54, 1.807) is 0 Å². The Morgan fingerprint density at radius 1 is 0.706 bits per heavy atom. The molecule has 0 aromatic heterocycles. The average Bonchev–Trinajstić information content (AvgIpc) is 2.83. The molecular formula is C30H28O3P-. The molecule has 0 radical (unpaired) electrons. The molecular weight excluding hydrogens is 439 g/mol. The van der Waals surface area contributed by atoms with Crippen molar-refractivity contribution in [2.45, 2.75) is 34.0 Å².